The Morgan fingerprint density at radius 3 is 2.68 bits per heavy atom. The highest BCUT2D eigenvalue weighted by molar-refractivity contribution is 5.33. The summed E-state index contributed by atoms with van der Waals surface area (Å²) in [5.41, 5.74) is 5.58. The van der Waals surface area contributed by atoms with Gasteiger partial charge in [-0.15, -0.1) is 0 Å². The van der Waals surface area contributed by atoms with Crippen LogP contribution in [0.4, 0.5) is 0 Å². The van der Waals surface area contributed by atoms with E-state index in [0.717, 1.165) is 19.0 Å². The molecule has 19 heavy (non-hydrogen) atoms. The Balaban J connectivity index is 1.62. The van der Waals surface area contributed by atoms with Crippen molar-refractivity contribution in [1.82, 2.24) is 10.3 Å². The molecule has 1 aromatic carbocycles. The van der Waals surface area contributed by atoms with Gasteiger partial charge in [-0.05, 0) is 54.0 Å². The molecule has 1 N–H and O–H groups in total. The lowest BCUT2D eigenvalue weighted by molar-refractivity contribution is 0.683. The van der Waals surface area contributed by atoms with Crippen LogP contribution in [0.25, 0.3) is 0 Å². The molecule has 1 aromatic heterocycles. The third-order valence-corrected chi connectivity index (χ3v) is 3.85. The molecule has 2 aromatic rings. The number of rotatable bonds is 5. The molecule has 0 radical (unpaired) electrons. The van der Waals surface area contributed by atoms with Crippen molar-refractivity contribution in [2.45, 2.75) is 38.8 Å². The molecular formula is C17H20N2. The molecule has 0 amide bonds. The van der Waals surface area contributed by atoms with Crippen LogP contribution in [0.2, 0.25) is 0 Å². The van der Waals surface area contributed by atoms with Crippen molar-refractivity contribution in [3.8, 4) is 0 Å². The van der Waals surface area contributed by atoms with E-state index in [1.165, 1.54) is 35.1 Å². The van der Waals surface area contributed by atoms with Crippen molar-refractivity contribution in [3.63, 3.8) is 0 Å². The van der Waals surface area contributed by atoms with Gasteiger partial charge in [0.1, 0.15) is 0 Å². The summed E-state index contributed by atoms with van der Waals surface area (Å²) < 4.78 is 0. The molecule has 1 aliphatic rings. The first kappa shape index (κ1) is 12.4. The summed E-state index contributed by atoms with van der Waals surface area (Å²) in [5, 5.41) is 3.54. The van der Waals surface area contributed by atoms with Crippen LogP contribution in [-0.4, -0.2) is 4.98 Å². The molecule has 0 saturated heterocycles. The Bertz CT molecular complexity index is 559. The van der Waals surface area contributed by atoms with E-state index in [1.54, 1.807) is 0 Å². The van der Waals surface area contributed by atoms with E-state index in [1.807, 2.05) is 12.4 Å². The first-order valence-electron chi connectivity index (χ1n) is 7.02. The van der Waals surface area contributed by atoms with Gasteiger partial charge in [-0.25, -0.2) is 0 Å². The first-order valence-corrected chi connectivity index (χ1v) is 7.02. The molecular weight excluding hydrogens is 232 g/mol. The van der Waals surface area contributed by atoms with Gasteiger partial charge in [0.25, 0.3) is 0 Å². The number of hydrogen-bond donors (Lipinski definition) is 1. The molecule has 3 rings (SSSR count). The van der Waals surface area contributed by atoms with Crippen molar-refractivity contribution in [2.24, 2.45) is 0 Å². The lowest BCUT2D eigenvalue weighted by Crippen LogP contribution is -2.14. The van der Waals surface area contributed by atoms with E-state index >= 15 is 0 Å². The van der Waals surface area contributed by atoms with Crippen molar-refractivity contribution < 1.29 is 0 Å². The van der Waals surface area contributed by atoms with E-state index in [9.17, 15) is 0 Å². The van der Waals surface area contributed by atoms with Gasteiger partial charge in [0.05, 0.1) is 0 Å². The van der Waals surface area contributed by atoms with E-state index in [2.05, 4.69) is 47.6 Å². The van der Waals surface area contributed by atoms with Gasteiger partial charge in [-0.1, -0.05) is 24.3 Å². The fourth-order valence-corrected chi connectivity index (χ4v) is 2.50. The molecule has 1 fully saturated rings. The molecule has 2 heteroatoms. The van der Waals surface area contributed by atoms with Gasteiger partial charge in [0, 0.05) is 25.5 Å². The van der Waals surface area contributed by atoms with Crippen LogP contribution in [-0.2, 0) is 13.1 Å². The molecule has 1 saturated carbocycles. The Kier molecular flexibility index (Phi) is 3.60. The fourth-order valence-electron chi connectivity index (χ4n) is 2.50. The number of hydrogen-bond acceptors (Lipinski definition) is 2. The Morgan fingerprint density at radius 1 is 1.11 bits per heavy atom. The minimum Gasteiger partial charge on any atom is -0.309 e. The minimum atomic E-state index is 0.818. The molecule has 0 bridgehead atoms. The van der Waals surface area contributed by atoms with Crippen molar-refractivity contribution >= 4 is 0 Å². The summed E-state index contributed by atoms with van der Waals surface area (Å²) >= 11 is 0. The topological polar surface area (TPSA) is 24.9 Å². The number of nitrogens with one attached hydrogen (secondary N) is 1. The van der Waals surface area contributed by atoms with Crippen molar-refractivity contribution in [3.05, 3.63) is 65.0 Å². The summed E-state index contributed by atoms with van der Waals surface area (Å²) in [4.78, 5) is 4.19. The quantitative estimate of drug-likeness (QED) is 0.880. The van der Waals surface area contributed by atoms with Crippen molar-refractivity contribution in [1.29, 1.82) is 0 Å². The third kappa shape index (κ3) is 3.02. The summed E-state index contributed by atoms with van der Waals surface area (Å²) in [5.74, 6) is 0.818. The Labute approximate surface area is 114 Å². The predicted molar refractivity (Wildman–Crippen MR) is 77.9 cm³/mol. The van der Waals surface area contributed by atoms with Crippen LogP contribution in [0, 0.1) is 6.92 Å². The zero-order valence-corrected chi connectivity index (χ0v) is 11.4. The zero-order chi connectivity index (χ0) is 13.1. The molecule has 0 aliphatic heterocycles. The maximum Gasteiger partial charge on any atom is 0.0315 e. The van der Waals surface area contributed by atoms with Crippen LogP contribution in [0.1, 0.15) is 41.0 Å². The van der Waals surface area contributed by atoms with E-state index < -0.39 is 0 Å². The second kappa shape index (κ2) is 5.54. The summed E-state index contributed by atoms with van der Waals surface area (Å²) in [6.07, 6.45) is 6.52. The van der Waals surface area contributed by atoms with Crippen LogP contribution in [0.15, 0.2) is 42.7 Å². The first-order chi connectivity index (χ1) is 9.34. The van der Waals surface area contributed by atoms with E-state index in [0.29, 0.717) is 0 Å². The number of aryl methyl sites for hydroxylation is 1. The molecule has 0 spiro atoms. The number of aromatic nitrogens is 1. The fraction of sp³-hybridized carbons (Fsp3) is 0.353. The highest BCUT2D eigenvalue weighted by Crippen LogP contribution is 2.41. The minimum absolute atomic E-state index is 0.818. The molecule has 1 heterocycles. The van der Waals surface area contributed by atoms with Crippen LogP contribution in [0.5, 0.6) is 0 Å². The standard InChI is InChI=1S/C17H20N2/c1-13-8-9-18-11-16(13)12-19-10-15-4-2-3-5-17(15)14-6-7-14/h2-5,8-9,11,14,19H,6-7,10,12H2,1H3. The van der Waals surface area contributed by atoms with Crippen molar-refractivity contribution in [2.75, 3.05) is 0 Å². The summed E-state index contributed by atoms with van der Waals surface area (Å²) in [6, 6.07) is 10.9. The van der Waals surface area contributed by atoms with Gasteiger partial charge in [-0.2, -0.15) is 0 Å². The third-order valence-electron chi connectivity index (χ3n) is 3.85. The van der Waals surface area contributed by atoms with E-state index in [-0.39, 0.29) is 0 Å². The van der Waals surface area contributed by atoms with Gasteiger partial charge >= 0.3 is 0 Å². The SMILES string of the molecule is Cc1ccncc1CNCc1ccccc1C1CC1. The molecule has 98 valence electrons. The van der Waals surface area contributed by atoms with Crippen LogP contribution >= 0.6 is 0 Å². The predicted octanol–water partition coefficient (Wildman–Crippen LogP) is 3.56. The average Bonchev–Trinajstić information content (AvgIpc) is 3.26. The van der Waals surface area contributed by atoms with Gasteiger partial charge in [-0.3, -0.25) is 4.98 Å². The Hall–Kier alpha value is -1.67. The monoisotopic (exact) mass is 252 g/mol. The second-order valence-electron chi connectivity index (χ2n) is 5.38. The van der Waals surface area contributed by atoms with E-state index in [4.69, 9.17) is 0 Å². The molecule has 0 unspecified atom stereocenters. The molecule has 1 aliphatic carbocycles. The lowest BCUT2D eigenvalue weighted by atomic mass is 10.0. The normalized spacial score (nSPS) is 14.6. The molecule has 0 atom stereocenters. The number of pyridine rings is 1. The largest absolute Gasteiger partial charge is 0.309 e. The lowest BCUT2D eigenvalue weighted by Gasteiger charge is -2.11. The maximum absolute atomic E-state index is 4.19. The average molecular weight is 252 g/mol. The highest BCUT2D eigenvalue weighted by atomic mass is 14.9. The summed E-state index contributed by atoms with van der Waals surface area (Å²) in [7, 11) is 0. The summed E-state index contributed by atoms with van der Waals surface area (Å²) in [6.45, 7) is 3.97. The smallest absolute Gasteiger partial charge is 0.0315 e. The van der Waals surface area contributed by atoms with Gasteiger partial charge in [0.2, 0.25) is 0 Å². The maximum atomic E-state index is 4.19. The van der Waals surface area contributed by atoms with Gasteiger partial charge < -0.3 is 5.32 Å². The number of benzene rings is 1. The zero-order valence-electron chi connectivity index (χ0n) is 11.4. The Morgan fingerprint density at radius 2 is 1.89 bits per heavy atom. The van der Waals surface area contributed by atoms with Crippen LogP contribution < -0.4 is 5.32 Å². The molecule has 2 nitrogen and oxygen atoms in total. The second-order valence-corrected chi connectivity index (χ2v) is 5.38. The van der Waals surface area contributed by atoms with Crippen LogP contribution in [0.3, 0.4) is 0 Å². The highest BCUT2D eigenvalue weighted by Gasteiger charge is 2.25. The number of nitrogens with zero attached hydrogens (tertiary/aromatic N) is 1. The van der Waals surface area contributed by atoms with Gasteiger partial charge in [0.15, 0.2) is 0 Å².